The van der Waals surface area contributed by atoms with Gasteiger partial charge < -0.3 is 34.6 Å². The maximum atomic E-state index is 11.0. The van der Waals surface area contributed by atoms with Gasteiger partial charge in [0.1, 0.15) is 29.1 Å². The number of ether oxygens (including phenoxy) is 3. The summed E-state index contributed by atoms with van der Waals surface area (Å²) in [5.41, 5.74) is 3.65. The summed E-state index contributed by atoms with van der Waals surface area (Å²) < 4.78 is 19.5. The SMILES string of the molecule is Oc1ccc(C2Oc3c(c(O)cc4c3C3CC(c5ccccc5)(Oc5ccccc53)O4)CC2O)cc1O. The van der Waals surface area contributed by atoms with Crippen LogP contribution < -0.4 is 14.2 Å². The van der Waals surface area contributed by atoms with Crippen molar-refractivity contribution >= 4 is 0 Å². The molecule has 186 valence electrons. The number of rotatable bonds is 2. The zero-order valence-electron chi connectivity index (χ0n) is 19.7. The van der Waals surface area contributed by atoms with Crippen LogP contribution in [0.15, 0.2) is 78.9 Å². The molecule has 3 heterocycles. The topological polar surface area (TPSA) is 109 Å². The predicted octanol–water partition coefficient (Wildman–Crippen LogP) is 5.00. The molecular weight excluding hydrogens is 472 g/mol. The lowest BCUT2D eigenvalue weighted by Gasteiger charge is -2.47. The Bertz CT molecular complexity index is 1530. The highest BCUT2D eigenvalue weighted by atomic mass is 16.7. The molecule has 3 aliphatic heterocycles. The summed E-state index contributed by atoms with van der Waals surface area (Å²) in [4.78, 5) is 0. The van der Waals surface area contributed by atoms with Gasteiger partial charge in [-0.2, -0.15) is 0 Å². The molecule has 7 nitrogen and oxygen atoms in total. The first-order valence-electron chi connectivity index (χ1n) is 12.2. The second-order valence-corrected chi connectivity index (χ2v) is 9.79. The van der Waals surface area contributed by atoms with Gasteiger partial charge >= 0.3 is 0 Å². The number of phenols is 3. The summed E-state index contributed by atoms with van der Waals surface area (Å²) >= 11 is 0. The first kappa shape index (κ1) is 21.9. The molecule has 7 rings (SSSR count). The lowest BCUT2D eigenvalue weighted by Crippen LogP contribution is -2.47. The Morgan fingerprint density at radius 3 is 2.32 bits per heavy atom. The minimum Gasteiger partial charge on any atom is -0.507 e. The third-order valence-electron chi connectivity index (χ3n) is 7.58. The van der Waals surface area contributed by atoms with E-state index in [0.717, 1.165) is 16.7 Å². The molecule has 2 bridgehead atoms. The second kappa shape index (κ2) is 7.82. The predicted molar refractivity (Wildman–Crippen MR) is 133 cm³/mol. The van der Waals surface area contributed by atoms with E-state index in [9.17, 15) is 20.4 Å². The normalized spacial score (nSPS) is 24.9. The summed E-state index contributed by atoms with van der Waals surface area (Å²) in [6.07, 6.45) is -1.15. The van der Waals surface area contributed by atoms with E-state index < -0.39 is 18.0 Å². The monoisotopic (exact) mass is 496 g/mol. The number of hydrogen-bond donors (Lipinski definition) is 4. The highest BCUT2D eigenvalue weighted by molar-refractivity contribution is 5.64. The first-order chi connectivity index (χ1) is 17.9. The molecule has 0 amide bonds. The van der Waals surface area contributed by atoms with Crippen molar-refractivity contribution in [3.05, 3.63) is 107 Å². The van der Waals surface area contributed by atoms with Crippen LogP contribution in [0.5, 0.6) is 34.5 Å². The number of benzene rings is 4. The fourth-order valence-electron chi connectivity index (χ4n) is 5.84. The Morgan fingerprint density at radius 1 is 0.757 bits per heavy atom. The molecule has 4 unspecified atom stereocenters. The van der Waals surface area contributed by atoms with Gasteiger partial charge in [0.25, 0.3) is 5.79 Å². The number of aromatic hydroxyl groups is 3. The number of para-hydroxylation sites is 1. The average molecular weight is 497 g/mol. The molecule has 0 saturated heterocycles. The minimum atomic E-state index is -1.08. The van der Waals surface area contributed by atoms with E-state index in [2.05, 4.69) is 0 Å². The third-order valence-corrected chi connectivity index (χ3v) is 7.58. The van der Waals surface area contributed by atoms with Crippen LogP contribution in [0.1, 0.15) is 46.3 Å². The van der Waals surface area contributed by atoms with Crippen molar-refractivity contribution in [2.45, 2.75) is 36.8 Å². The van der Waals surface area contributed by atoms with Crippen LogP contribution in [0.3, 0.4) is 0 Å². The zero-order valence-corrected chi connectivity index (χ0v) is 19.7. The van der Waals surface area contributed by atoms with Gasteiger partial charge in [0, 0.05) is 47.1 Å². The van der Waals surface area contributed by atoms with Crippen LogP contribution in [0, 0.1) is 0 Å². The van der Waals surface area contributed by atoms with E-state index in [-0.39, 0.29) is 29.6 Å². The van der Waals surface area contributed by atoms with Crippen LogP contribution in [0.2, 0.25) is 0 Å². The van der Waals surface area contributed by atoms with Crippen LogP contribution in [-0.2, 0) is 12.2 Å². The minimum absolute atomic E-state index is 0.0312. The van der Waals surface area contributed by atoms with Crippen molar-refractivity contribution in [2.75, 3.05) is 0 Å². The Balaban J connectivity index is 1.41. The maximum absolute atomic E-state index is 11.0. The van der Waals surface area contributed by atoms with Crippen molar-refractivity contribution in [3.8, 4) is 34.5 Å². The molecule has 4 atom stereocenters. The number of fused-ring (bicyclic) bond motifs is 8. The molecule has 0 spiro atoms. The van der Waals surface area contributed by atoms with Crippen molar-refractivity contribution in [1.29, 1.82) is 0 Å². The van der Waals surface area contributed by atoms with Gasteiger partial charge in [0.05, 0.1) is 6.10 Å². The second-order valence-electron chi connectivity index (χ2n) is 9.79. The van der Waals surface area contributed by atoms with Crippen LogP contribution >= 0.6 is 0 Å². The number of hydrogen-bond acceptors (Lipinski definition) is 7. The van der Waals surface area contributed by atoms with E-state index in [1.54, 1.807) is 12.1 Å². The van der Waals surface area contributed by atoms with Gasteiger partial charge in [-0.05, 0) is 23.8 Å². The van der Waals surface area contributed by atoms with Crippen molar-refractivity contribution < 1.29 is 34.6 Å². The third kappa shape index (κ3) is 3.24. The summed E-state index contributed by atoms with van der Waals surface area (Å²) in [5.74, 6) is -0.199. The average Bonchev–Trinajstić information content (AvgIpc) is 2.91. The molecule has 0 fully saturated rings. The van der Waals surface area contributed by atoms with Crippen molar-refractivity contribution in [3.63, 3.8) is 0 Å². The molecule has 4 aromatic carbocycles. The standard InChI is InChI=1S/C30H24O7/c31-21-11-10-16(12-23(21)33)28-24(34)13-19-22(32)14-26-27(29(19)35-28)20-15-30(37-26,17-6-2-1-3-7-17)36-25-9-5-4-8-18(20)25/h1-12,14,20,24,28,31-34H,13,15H2. The number of phenolic OH excluding ortho intramolecular Hbond substituents is 3. The molecule has 4 N–H and O–H groups in total. The fourth-order valence-corrected chi connectivity index (χ4v) is 5.84. The molecule has 7 heteroatoms. The molecule has 37 heavy (non-hydrogen) atoms. The Hall–Kier alpha value is -4.36. The molecule has 0 aliphatic carbocycles. The Morgan fingerprint density at radius 2 is 1.51 bits per heavy atom. The van der Waals surface area contributed by atoms with Crippen molar-refractivity contribution in [1.82, 2.24) is 0 Å². The van der Waals surface area contributed by atoms with Crippen molar-refractivity contribution in [2.24, 2.45) is 0 Å². The highest BCUT2D eigenvalue weighted by Gasteiger charge is 2.52. The van der Waals surface area contributed by atoms with Crippen LogP contribution in [-0.4, -0.2) is 26.5 Å². The fraction of sp³-hybridized carbons (Fsp3) is 0.200. The van der Waals surface area contributed by atoms with Gasteiger partial charge in [0.15, 0.2) is 11.5 Å². The van der Waals surface area contributed by atoms with Gasteiger partial charge in [-0.3, -0.25) is 0 Å². The van der Waals surface area contributed by atoms with Crippen LogP contribution in [0.25, 0.3) is 0 Å². The molecule has 4 aromatic rings. The van der Waals surface area contributed by atoms with E-state index >= 15 is 0 Å². The van der Waals surface area contributed by atoms with Gasteiger partial charge in [-0.1, -0.05) is 54.6 Å². The summed E-state index contributed by atoms with van der Waals surface area (Å²) in [6, 6.07) is 23.5. The van der Waals surface area contributed by atoms with Gasteiger partial charge in [-0.15, -0.1) is 0 Å². The van der Waals surface area contributed by atoms with Gasteiger partial charge in [-0.25, -0.2) is 0 Å². The number of aliphatic hydroxyl groups is 1. The lowest BCUT2D eigenvalue weighted by atomic mass is 9.76. The van der Waals surface area contributed by atoms with E-state index in [1.807, 2.05) is 54.6 Å². The Kier molecular flexibility index (Phi) is 4.62. The first-order valence-corrected chi connectivity index (χ1v) is 12.2. The smallest absolute Gasteiger partial charge is 0.278 e. The molecule has 0 aromatic heterocycles. The van der Waals surface area contributed by atoms with Gasteiger partial charge in [0.2, 0.25) is 0 Å². The van der Waals surface area contributed by atoms with E-state index in [4.69, 9.17) is 14.2 Å². The van der Waals surface area contributed by atoms with Crippen LogP contribution in [0.4, 0.5) is 0 Å². The van der Waals surface area contributed by atoms with E-state index in [1.165, 1.54) is 12.1 Å². The summed E-state index contributed by atoms with van der Waals surface area (Å²) in [7, 11) is 0. The maximum Gasteiger partial charge on any atom is 0.278 e. The quantitative estimate of drug-likeness (QED) is 0.289. The van der Waals surface area contributed by atoms with E-state index in [0.29, 0.717) is 34.8 Å². The zero-order chi connectivity index (χ0) is 25.3. The Labute approximate surface area is 212 Å². The molecule has 0 radical (unpaired) electrons. The summed E-state index contributed by atoms with van der Waals surface area (Å²) in [6.45, 7) is 0. The molecular formula is C30H24O7. The molecule has 3 aliphatic rings. The largest absolute Gasteiger partial charge is 0.507 e. The summed E-state index contributed by atoms with van der Waals surface area (Å²) in [5, 5.41) is 41.8. The highest BCUT2D eigenvalue weighted by Crippen LogP contribution is 2.60. The number of aliphatic hydroxyl groups excluding tert-OH is 1. The lowest BCUT2D eigenvalue weighted by molar-refractivity contribution is -0.149. The molecule has 0 saturated carbocycles.